The number of halogens is 1. The van der Waals surface area contributed by atoms with Crippen LogP contribution < -0.4 is 15.2 Å². The maximum absolute atomic E-state index is 12.0. The molecule has 1 aromatic heterocycles. The van der Waals surface area contributed by atoms with E-state index in [1.54, 1.807) is 30.3 Å². The van der Waals surface area contributed by atoms with E-state index in [2.05, 4.69) is 20.7 Å². The largest absolute Gasteiger partial charge is 0.495 e. The summed E-state index contributed by atoms with van der Waals surface area (Å²) in [6.07, 6.45) is 0. The van der Waals surface area contributed by atoms with Crippen molar-refractivity contribution in [3.05, 3.63) is 39.7 Å². The number of nitrogens with two attached hydrogens (primary N) is 1. The summed E-state index contributed by atoms with van der Waals surface area (Å²) in [6.45, 7) is 0.173. The smallest absolute Gasteiger partial charge is 0.250 e. The van der Waals surface area contributed by atoms with Crippen LogP contribution in [-0.2, 0) is 16.6 Å². The minimum Gasteiger partial charge on any atom is -0.495 e. The van der Waals surface area contributed by atoms with Crippen LogP contribution in [0.1, 0.15) is 5.56 Å². The number of hydrogen-bond acceptors (Lipinski definition) is 5. The highest BCUT2D eigenvalue weighted by Gasteiger charge is 2.16. The normalized spacial score (nSPS) is 11.5. The summed E-state index contributed by atoms with van der Waals surface area (Å²) in [7, 11) is -1.97. The Bertz CT molecular complexity index is 713. The lowest BCUT2D eigenvalue weighted by atomic mass is 10.2. The minimum atomic E-state index is -3.50. The van der Waals surface area contributed by atoms with Crippen LogP contribution in [0.15, 0.2) is 38.3 Å². The summed E-state index contributed by atoms with van der Waals surface area (Å²) >= 11 is 4.40. The summed E-state index contributed by atoms with van der Waals surface area (Å²) < 4.78 is 32.7. The number of anilines is 1. The molecule has 0 radical (unpaired) electrons. The van der Waals surface area contributed by atoms with E-state index in [1.807, 2.05) is 0 Å². The Balaban J connectivity index is 2.10. The molecule has 1 heterocycles. The summed E-state index contributed by atoms with van der Waals surface area (Å²) in [5.74, 6) is 0.568. The standard InChI is InChI=1S/C12H13BrN2O3S2/c1-18-10-3-2-8(6-9(10)14)7-15-20(16,17)12-5-4-11(13)19-12/h2-6,15H,7,14H2,1H3. The topological polar surface area (TPSA) is 81.4 Å². The van der Waals surface area contributed by atoms with Crippen molar-refractivity contribution < 1.29 is 13.2 Å². The molecule has 2 rings (SSSR count). The van der Waals surface area contributed by atoms with Gasteiger partial charge in [-0.05, 0) is 45.8 Å². The molecule has 0 amide bonds. The van der Waals surface area contributed by atoms with E-state index < -0.39 is 10.0 Å². The molecule has 20 heavy (non-hydrogen) atoms. The molecule has 0 bridgehead atoms. The highest BCUT2D eigenvalue weighted by molar-refractivity contribution is 9.11. The molecule has 0 unspecified atom stereocenters. The lowest BCUT2D eigenvalue weighted by Crippen LogP contribution is -2.22. The van der Waals surface area contributed by atoms with Gasteiger partial charge in [0.05, 0.1) is 16.6 Å². The van der Waals surface area contributed by atoms with Gasteiger partial charge < -0.3 is 10.5 Å². The van der Waals surface area contributed by atoms with Gasteiger partial charge in [-0.25, -0.2) is 13.1 Å². The third-order valence-corrected chi connectivity index (χ3v) is 6.09. The zero-order chi connectivity index (χ0) is 14.8. The van der Waals surface area contributed by atoms with Gasteiger partial charge in [-0.1, -0.05) is 6.07 Å². The van der Waals surface area contributed by atoms with Crippen molar-refractivity contribution in [3.63, 3.8) is 0 Å². The second-order valence-corrected chi connectivity index (χ2v) is 8.42. The zero-order valence-electron chi connectivity index (χ0n) is 10.6. The third-order valence-electron chi connectivity index (χ3n) is 2.57. The number of nitrogen functional groups attached to an aromatic ring is 1. The first kappa shape index (κ1) is 15.3. The molecule has 0 aliphatic heterocycles. The molecule has 0 saturated carbocycles. The van der Waals surface area contributed by atoms with Gasteiger partial charge in [-0.15, -0.1) is 11.3 Å². The molecule has 0 saturated heterocycles. The van der Waals surface area contributed by atoms with Crippen molar-refractivity contribution in [2.45, 2.75) is 10.8 Å². The Labute approximate surface area is 129 Å². The molecule has 0 atom stereocenters. The van der Waals surface area contributed by atoms with E-state index in [4.69, 9.17) is 10.5 Å². The van der Waals surface area contributed by atoms with Crippen LogP contribution in [0.3, 0.4) is 0 Å². The number of methoxy groups -OCH3 is 1. The quantitative estimate of drug-likeness (QED) is 0.785. The maximum atomic E-state index is 12.0. The van der Waals surface area contributed by atoms with Crippen molar-refractivity contribution in [1.82, 2.24) is 4.72 Å². The molecule has 108 valence electrons. The van der Waals surface area contributed by atoms with E-state index in [0.29, 0.717) is 11.4 Å². The zero-order valence-corrected chi connectivity index (χ0v) is 13.8. The number of ether oxygens (including phenoxy) is 1. The van der Waals surface area contributed by atoms with Gasteiger partial charge in [-0.3, -0.25) is 0 Å². The molecule has 1 aromatic carbocycles. The Kier molecular flexibility index (Phi) is 4.69. The molecule has 0 spiro atoms. The van der Waals surface area contributed by atoms with Crippen LogP contribution in [0.2, 0.25) is 0 Å². The molecule has 3 N–H and O–H groups in total. The highest BCUT2D eigenvalue weighted by atomic mass is 79.9. The van der Waals surface area contributed by atoms with Crippen LogP contribution in [-0.4, -0.2) is 15.5 Å². The molecule has 2 aromatic rings. The molecule has 0 aliphatic carbocycles. The Morgan fingerprint density at radius 1 is 1.35 bits per heavy atom. The van der Waals surface area contributed by atoms with Gasteiger partial charge in [0.1, 0.15) is 9.96 Å². The third kappa shape index (κ3) is 3.51. The maximum Gasteiger partial charge on any atom is 0.250 e. The SMILES string of the molecule is COc1ccc(CNS(=O)(=O)c2ccc(Br)s2)cc1N. The van der Waals surface area contributed by atoms with Crippen LogP contribution in [0.4, 0.5) is 5.69 Å². The molecule has 0 aliphatic rings. The first-order valence-corrected chi connectivity index (χ1v) is 8.69. The van der Waals surface area contributed by atoms with E-state index in [1.165, 1.54) is 7.11 Å². The van der Waals surface area contributed by atoms with Gasteiger partial charge in [-0.2, -0.15) is 0 Å². The van der Waals surface area contributed by atoms with Crippen molar-refractivity contribution in [1.29, 1.82) is 0 Å². The molecule has 8 heteroatoms. The summed E-state index contributed by atoms with van der Waals surface area (Å²) in [5, 5.41) is 0. The Hall–Kier alpha value is -1.09. The Morgan fingerprint density at radius 3 is 2.65 bits per heavy atom. The molecular weight excluding hydrogens is 364 g/mol. The van der Waals surface area contributed by atoms with Crippen LogP contribution in [0.25, 0.3) is 0 Å². The number of benzene rings is 1. The molecular formula is C12H13BrN2O3S2. The average molecular weight is 377 g/mol. The lowest BCUT2D eigenvalue weighted by Gasteiger charge is -2.08. The molecule has 0 fully saturated rings. The summed E-state index contributed by atoms with van der Waals surface area (Å²) in [6, 6.07) is 8.42. The van der Waals surface area contributed by atoms with E-state index >= 15 is 0 Å². The van der Waals surface area contributed by atoms with Crippen molar-refractivity contribution in [3.8, 4) is 5.75 Å². The fourth-order valence-electron chi connectivity index (χ4n) is 1.59. The monoisotopic (exact) mass is 376 g/mol. The van der Waals surface area contributed by atoms with Crippen molar-refractivity contribution in [2.24, 2.45) is 0 Å². The van der Waals surface area contributed by atoms with Crippen molar-refractivity contribution in [2.75, 3.05) is 12.8 Å². The fraction of sp³-hybridized carbons (Fsp3) is 0.167. The van der Waals surface area contributed by atoms with Gasteiger partial charge in [0, 0.05) is 6.54 Å². The second kappa shape index (κ2) is 6.13. The average Bonchev–Trinajstić information content (AvgIpc) is 2.84. The van der Waals surface area contributed by atoms with E-state index in [0.717, 1.165) is 20.7 Å². The number of thiophene rings is 1. The van der Waals surface area contributed by atoms with Crippen LogP contribution >= 0.6 is 27.3 Å². The van der Waals surface area contributed by atoms with Gasteiger partial charge in [0.2, 0.25) is 10.0 Å². The first-order chi connectivity index (χ1) is 9.42. The van der Waals surface area contributed by atoms with Crippen molar-refractivity contribution >= 4 is 43.0 Å². The summed E-state index contributed by atoms with van der Waals surface area (Å²) in [5.41, 5.74) is 7.02. The minimum absolute atomic E-state index is 0.173. The predicted octanol–water partition coefficient (Wildman–Crippen LogP) is 2.58. The van der Waals surface area contributed by atoms with Gasteiger partial charge >= 0.3 is 0 Å². The van der Waals surface area contributed by atoms with Crippen LogP contribution in [0.5, 0.6) is 5.75 Å². The highest BCUT2D eigenvalue weighted by Crippen LogP contribution is 2.26. The number of sulfonamides is 1. The van der Waals surface area contributed by atoms with Crippen LogP contribution in [0, 0.1) is 0 Å². The van der Waals surface area contributed by atoms with Gasteiger partial charge in [0.15, 0.2) is 0 Å². The first-order valence-electron chi connectivity index (χ1n) is 5.60. The number of rotatable bonds is 5. The predicted molar refractivity (Wildman–Crippen MR) is 83.5 cm³/mol. The number of hydrogen-bond donors (Lipinski definition) is 2. The second-order valence-electron chi connectivity index (χ2n) is 3.96. The van der Waals surface area contributed by atoms with Gasteiger partial charge in [0.25, 0.3) is 0 Å². The lowest BCUT2D eigenvalue weighted by molar-refractivity contribution is 0.417. The van der Waals surface area contributed by atoms with E-state index in [-0.39, 0.29) is 10.8 Å². The summed E-state index contributed by atoms with van der Waals surface area (Å²) in [4.78, 5) is 0. The molecule has 5 nitrogen and oxygen atoms in total. The number of nitrogens with one attached hydrogen (secondary N) is 1. The Morgan fingerprint density at radius 2 is 2.10 bits per heavy atom. The fourth-order valence-corrected chi connectivity index (χ4v) is 4.66. The van der Waals surface area contributed by atoms with E-state index in [9.17, 15) is 8.42 Å².